The maximum absolute atomic E-state index is 12.2. The number of ether oxygens (including phenoxy) is 1. The van der Waals surface area contributed by atoms with Gasteiger partial charge >= 0.3 is 5.97 Å². The molecule has 0 atom stereocenters. The zero-order valence-electron chi connectivity index (χ0n) is 19.7. The van der Waals surface area contributed by atoms with E-state index < -0.39 is 0 Å². The highest BCUT2D eigenvalue weighted by Crippen LogP contribution is 2.31. The van der Waals surface area contributed by atoms with Crippen molar-refractivity contribution in [3.8, 4) is 16.2 Å². The number of nitrogens with zero attached hydrogens (tertiary/aromatic N) is 1. The summed E-state index contributed by atoms with van der Waals surface area (Å²) in [6.45, 7) is 4.46. The molecule has 0 radical (unpaired) electrons. The molecular formula is C28H37NO2S. The molecule has 0 spiro atoms. The first-order chi connectivity index (χ1) is 15.7. The highest BCUT2D eigenvalue weighted by atomic mass is 32.1. The standard InChI is InChI=1S/C28H37NO2S/c1-3-5-7-9-10-12-14-28(30)31-25-18-17-22-19-24(16-15-23(22)20-25)26-21-29-27(32-26)13-11-8-6-4-2/h15-21H,3-14H2,1-2H3. The lowest BCUT2D eigenvalue weighted by molar-refractivity contribution is -0.134. The zero-order valence-corrected chi connectivity index (χ0v) is 20.5. The minimum absolute atomic E-state index is 0.132. The summed E-state index contributed by atoms with van der Waals surface area (Å²) >= 11 is 1.80. The zero-order chi connectivity index (χ0) is 22.6. The van der Waals surface area contributed by atoms with Gasteiger partial charge in [-0.3, -0.25) is 4.79 Å². The van der Waals surface area contributed by atoms with Gasteiger partial charge in [0.05, 0.1) is 9.88 Å². The lowest BCUT2D eigenvalue weighted by Gasteiger charge is -2.07. The van der Waals surface area contributed by atoms with Crippen LogP contribution in [0.1, 0.15) is 89.5 Å². The summed E-state index contributed by atoms with van der Waals surface area (Å²) in [5.41, 5.74) is 1.20. The Bertz CT molecular complexity index is 978. The molecule has 3 rings (SSSR count). The summed E-state index contributed by atoms with van der Waals surface area (Å²) in [5, 5.41) is 3.46. The minimum Gasteiger partial charge on any atom is -0.427 e. The van der Waals surface area contributed by atoms with Gasteiger partial charge in [0.25, 0.3) is 0 Å². The summed E-state index contributed by atoms with van der Waals surface area (Å²) in [7, 11) is 0. The van der Waals surface area contributed by atoms with E-state index in [9.17, 15) is 4.79 Å². The summed E-state index contributed by atoms with van der Waals surface area (Å²) in [6, 6.07) is 12.3. The van der Waals surface area contributed by atoms with Crippen LogP contribution in [0.15, 0.2) is 42.6 Å². The monoisotopic (exact) mass is 451 g/mol. The topological polar surface area (TPSA) is 39.2 Å². The average Bonchev–Trinajstić information content (AvgIpc) is 3.28. The SMILES string of the molecule is CCCCCCCCC(=O)Oc1ccc2cc(-c3cnc(CCCCCC)s3)ccc2c1. The van der Waals surface area contributed by atoms with Crippen LogP contribution in [-0.4, -0.2) is 11.0 Å². The van der Waals surface area contributed by atoms with E-state index in [1.165, 1.54) is 66.8 Å². The van der Waals surface area contributed by atoms with Gasteiger partial charge in [0.2, 0.25) is 0 Å². The molecule has 3 aromatic rings. The number of rotatable bonds is 14. The fraction of sp³-hybridized carbons (Fsp3) is 0.500. The minimum atomic E-state index is -0.132. The first-order valence-electron chi connectivity index (χ1n) is 12.4. The van der Waals surface area contributed by atoms with Crippen LogP contribution in [0.3, 0.4) is 0 Å². The number of aromatic nitrogens is 1. The van der Waals surface area contributed by atoms with Crippen LogP contribution in [0.2, 0.25) is 0 Å². The normalized spacial score (nSPS) is 11.2. The fourth-order valence-corrected chi connectivity index (χ4v) is 4.89. The fourth-order valence-electron chi connectivity index (χ4n) is 3.94. The van der Waals surface area contributed by atoms with Crippen molar-refractivity contribution >= 4 is 28.1 Å². The van der Waals surface area contributed by atoms with Crippen LogP contribution >= 0.6 is 11.3 Å². The number of carbonyl (C=O) groups excluding carboxylic acids is 1. The van der Waals surface area contributed by atoms with Gasteiger partial charge in [0.1, 0.15) is 5.75 Å². The van der Waals surface area contributed by atoms with Crippen LogP contribution in [-0.2, 0) is 11.2 Å². The molecule has 0 aliphatic heterocycles. The van der Waals surface area contributed by atoms with Crippen molar-refractivity contribution in [2.24, 2.45) is 0 Å². The van der Waals surface area contributed by atoms with Crippen molar-refractivity contribution in [3.05, 3.63) is 47.6 Å². The van der Waals surface area contributed by atoms with Crippen molar-refractivity contribution in [3.63, 3.8) is 0 Å². The highest BCUT2D eigenvalue weighted by Gasteiger charge is 2.08. The molecule has 1 heterocycles. The highest BCUT2D eigenvalue weighted by molar-refractivity contribution is 7.15. The maximum atomic E-state index is 12.2. The van der Waals surface area contributed by atoms with Crippen molar-refractivity contribution in [1.29, 1.82) is 0 Å². The number of esters is 1. The average molecular weight is 452 g/mol. The Labute approximate surface area is 197 Å². The smallest absolute Gasteiger partial charge is 0.311 e. The van der Waals surface area contributed by atoms with E-state index in [0.29, 0.717) is 12.2 Å². The van der Waals surface area contributed by atoms with E-state index in [0.717, 1.165) is 30.0 Å². The number of unbranched alkanes of at least 4 members (excludes halogenated alkanes) is 8. The number of fused-ring (bicyclic) bond motifs is 1. The molecule has 3 nitrogen and oxygen atoms in total. The van der Waals surface area contributed by atoms with E-state index in [-0.39, 0.29) is 5.97 Å². The van der Waals surface area contributed by atoms with Crippen molar-refractivity contribution in [2.75, 3.05) is 0 Å². The van der Waals surface area contributed by atoms with Gasteiger partial charge in [0, 0.05) is 12.6 Å². The Hall–Kier alpha value is -2.20. The van der Waals surface area contributed by atoms with Gasteiger partial charge in [0.15, 0.2) is 0 Å². The Kier molecular flexibility index (Phi) is 10.2. The molecule has 4 heteroatoms. The number of hydrogen-bond acceptors (Lipinski definition) is 4. The third-order valence-electron chi connectivity index (χ3n) is 5.86. The van der Waals surface area contributed by atoms with Crippen LogP contribution in [0.4, 0.5) is 0 Å². The summed E-state index contributed by atoms with van der Waals surface area (Å²) < 4.78 is 5.58. The largest absolute Gasteiger partial charge is 0.427 e. The molecule has 0 N–H and O–H groups in total. The third-order valence-corrected chi connectivity index (χ3v) is 6.97. The molecule has 0 unspecified atom stereocenters. The molecule has 1 aromatic heterocycles. The van der Waals surface area contributed by atoms with Crippen molar-refractivity contribution in [1.82, 2.24) is 4.98 Å². The molecule has 0 aliphatic carbocycles. The lowest BCUT2D eigenvalue weighted by Crippen LogP contribution is -2.07. The molecular weight excluding hydrogens is 414 g/mol. The number of carbonyl (C=O) groups is 1. The predicted molar refractivity (Wildman–Crippen MR) is 137 cm³/mol. The van der Waals surface area contributed by atoms with Crippen LogP contribution in [0.25, 0.3) is 21.2 Å². The second kappa shape index (κ2) is 13.4. The number of aryl methyl sites for hydroxylation is 1. The number of benzene rings is 2. The second-order valence-electron chi connectivity index (χ2n) is 8.64. The molecule has 0 aliphatic rings. The van der Waals surface area contributed by atoms with E-state index in [2.05, 4.69) is 37.0 Å². The molecule has 0 fully saturated rings. The van der Waals surface area contributed by atoms with Crippen LogP contribution in [0.5, 0.6) is 5.75 Å². The van der Waals surface area contributed by atoms with Crippen LogP contribution < -0.4 is 4.74 Å². The van der Waals surface area contributed by atoms with Gasteiger partial charge in [-0.1, -0.05) is 83.4 Å². The summed E-state index contributed by atoms with van der Waals surface area (Å²) in [4.78, 5) is 18.0. The van der Waals surface area contributed by atoms with Crippen molar-refractivity contribution in [2.45, 2.75) is 90.9 Å². The Morgan fingerprint density at radius 2 is 1.53 bits per heavy atom. The van der Waals surface area contributed by atoms with E-state index in [4.69, 9.17) is 4.74 Å². The van der Waals surface area contributed by atoms with Gasteiger partial charge in [-0.2, -0.15) is 0 Å². The number of thiazole rings is 1. The molecule has 0 saturated carbocycles. The second-order valence-corrected chi connectivity index (χ2v) is 9.76. The first kappa shape index (κ1) is 24.4. The van der Waals surface area contributed by atoms with Crippen LogP contribution in [0, 0.1) is 0 Å². The Balaban J connectivity index is 1.54. The Morgan fingerprint density at radius 1 is 0.844 bits per heavy atom. The quantitative estimate of drug-likeness (QED) is 0.140. The van der Waals surface area contributed by atoms with Crippen molar-refractivity contribution < 1.29 is 9.53 Å². The van der Waals surface area contributed by atoms with Gasteiger partial charge in [-0.15, -0.1) is 11.3 Å². The van der Waals surface area contributed by atoms with Gasteiger partial charge in [-0.25, -0.2) is 4.98 Å². The molecule has 32 heavy (non-hydrogen) atoms. The van der Waals surface area contributed by atoms with Gasteiger partial charge in [-0.05, 0) is 53.8 Å². The lowest BCUT2D eigenvalue weighted by atomic mass is 10.1. The summed E-state index contributed by atoms with van der Waals surface area (Å²) in [6.07, 6.45) is 15.7. The maximum Gasteiger partial charge on any atom is 0.311 e. The third kappa shape index (κ3) is 7.74. The molecule has 2 aromatic carbocycles. The first-order valence-corrected chi connectivity index (χ1v) is 13.2. The van der Waals surface area contributed by atoms with E-state index >= 15 is 0 Å². The van der Waals surface area contributed by atoms with E-state index in [1.807, 2.05) is 24.4 Å². The predicted octanol–water partition coefficient (Wildman–Crippen LogP) is 8.74. The molecule has 0 saturated heterocycles. The molecule has 0 bridgehead atoms. The van der Waals surface area contributed by atoms with E-state index in [1.54, 1.807) is 11.3 Å². The molecule has 172 valence electrons. The summed E-state index contributed by atoms with van der Waals surface area (Å²) in [5.74, 6) is 0.501. The number of hydrogen-bond donors (Lipinski definition) is 0. The molecule has 0 amide bonds. The Morgan fingerprint density at radius 3 is 2.34 bits per heavy atom. The van der Waals surface area contributed by atoms with Gasteiger partial charge < -0.3 is 4.74 Å².